The largest absolute Gasteiger partial charge is 0.322 e. The van der Waals surface area contributed by atoms with Crippen molar-refractivity contribution in [2.75, 3.05) is 5.32 Å². The number of amides is 1. The molecule has 2 aromatic rings. The summed E-state index contributed by atoms with van der Waals surface area (Å²) in [6.07, 6.45) is 3.11. The summed E-state index contributed by atoms with van der Waals surface area (Å²) in [4.78, 5) is 22.4. The predicted octanol–water partition coefficient (Wildman–Crippen LogP) is 3.86. The molecular weight excluding hydrogens is 280 g/mol. The minimum Gasteiger partial charge on any atom is -0.322 e. The first-order valence-electron chi connectivity index (χ1n) is 6.77. The quantitative estimate of drug-likeness (QED) is 0.529. The highest BCUT2D eigenvalue weighted by Gasteiger charge is 2.13. The number of hydrogen-bond donors (Lipinski definition) is 1. The highest BCUT2D eigenvalue weighted by Crippen LogP contribution is 2.24. The molecule has 1 amide bonds. The lowest BCUT2D eigenvalue weighted by atomic mass is 10.1. The number of anilines is 1. The number of hydrogen-bond acceptors (Lipinski definition) is 3. The number of nitrogens with one attached hydrogen (secondary N) is 1. The van der Waals surface area contributed by atoms with Crippen LogP contribution in [0, 0.1) is 24.0 Å². The third kappa shape index (κ3) is 3.79. The summed E-state index contributed by atoms with van der Waals surface area (Å²) < 4.78 is 0. The molecule has 5 heteroatoms. The smallest absolute Gasteiger partial charge is 0.274 e. The van der Waals surface area contributed by atoms with Crippen LogP contribution in [0.3, 0.4) is 0 Å². The van der Waals surface area contributed by atoms with E-state index in [2.05, 4.69) is 5.32 Å². The number of benzene rings is 2. The maximum absolute atomic E-state index is 11.9. The number of carbonyl (C=O) groups is 1. The van der Waals surface area contributed by atoms with E-state index >= 15 is 0 Å². The Hall–Kier alpha value is -2.95. The van der Waals surface area contributed by atoms with Gasteiger partial charge in [-0.05, 0) is 31.6 Å². The van der Waals surface area contributed by atoms with E-state index in [9.17, 15) is 14.9 Å². The minimum atomic E-state index is -0.465. The molecule has 1 N–H and O–H groups in total. The van der Waals surface area contributed by atoms with Gasteiger partial charge in [0.05, 0.1) is 16.2 Å². The van der Waals surface area contributed by atoms with Gasteiger partial charge in [0.1, 0.15) is 0 Å². The molecule has 0 heterocycles. The van der Waals surface area contributed by atoms with Crippen LogP contribution in [0.15, 0.2) is 48.5 Å². The lowest BCUT2D eigenvalue weighted by Crippen LogP contribution is -2.09. The Kier molecular flexibility index (Phi) is 4.68. The number of aryl methyl sites for hydroxylation is 1. The van der Waals surface area contributed by atoms with E-state index in [4.69, 9.17) is 0 Å². The standard InChI is InChI=1S/C17H16N2O3/c1-12-5-3-6-14(11-12)9-10-17(20)18-15-7-4-8-16(13(15)2)19(21)22/h3-11H,1-2H3,(H,18,20)/b10-9+. The van der Waals surface area contributed by atoms with Crippen LogP contribution >= 0.6 is 0 Å². The predicted molar refractivity (Wildman–Crippen MR) is 86.7 cm³/mol. The van der Waals surface area contributed by atoms with Crippen molar-refractivity contribution < 1.29 is 9.72 Å². The third-order valence-corrected chi connectivity index (χ3v) is 3.23. The molecule has 5 nitrogen and oxygen atoms in total. The molecule has 0 aromatic heterocycles. The Morgan fingerprint density at radius 2 is 1.91 bits per heavy atom. The zero-order chi connectivity index (χ0) is 16.1. The van der Waals surface area contributed by atoms with E-state index in [1.165, 1.54) is 12.1 Å². The fourth-order valence-corrected chi connectivity index (χ4v) is 2.08. The molecule has 0 aliphatic carbocycles. The molecular formula is C17H16N2O3. The van der Waals surface area contributed by atoms with Crippen molar-refractivity contribution in [1.82, 2.24) is 0 Å². The Bertz CT molecular complexity index is 751. The van der Waals surface area contributed by atoms with Gasteiger partial charge in [0.25, 0.3) is 5.69 Å². The van der Waals surface area contributed by atoms with Gasteiger partial charge in [-0.2, -0.15) is 0 Å². The fourth-order valence-electron chi connectivity index (χ4n) is 2.08. The number of nitrogens with zero attached hydrogens (tertiary/aromatic N) is 1. The van der Waals surface area contributed by atoms with Crippen LogP contribution in [0.1, 0.15) is 16.7 Å². The van der Waals surface area contributed by atoms with Crippen molar-refractivity contribution in [1.29, 1.82) is 0 Å². The van der Waals surface area contributed by atoms with Gasteiger partial charge >= 0.3 is 0 Å². The van der Waals surface area contributed by atoms with Gasteiger partial charge < -0.3 is 5.32 Å². The SMILES string of the molecule is Cc1cccc(/C=C/C(=O)Nc2cccc([N+](=O)[O-])c2C)c1. The van der Waals surface area contributed by atoms with Crippen molar-refractivity contribution in [3.63, 3.8) is 0 Å². The molecule has 0 aliphatic rings. The lowest BCUT2D eigenvalue weighted by molar-refractivity contribution is -0.385. The van der Waals surface area contributed by atoms with E-state index in [-0.39, 0.29) is 11.6 Å². The van der Waals surface area contributed by atoms with Crippen LogP contribution in [-0.4, -0.2) is 10.8 Å². The van der Waals surface area contributed by atoms with Gasteiger partial charge in [-0.1, -0.05) is 35.9 Å². The fraction of sp³-hybridized carbons (Fsp3) is 0.118. The Labute approximate surface area is 128 Å². The molecule has 22 heavy (non-hydrogen) atoms. The van der Waals surface area contributed by atoms with Crippen LogP contribution in [0.4, 0.5) is 11.4 Å². The van der Waals surface area contributed by atoms with E-state index in [0.29, 0.717) is 11.3 Å². The summed E-state index contributed by atoms with van der Waals surface area (Å²) >= 11 is 0. The topological polar surface area (TPSA) is 72.2 Å². The third-order valence-electron chi connectivity index (χ3n) is 3.23. The van der Waals surface area contributed by atoms with Gasteiger partial charge in [0, 0.05) is 12.1 Å². The molecule has 0 atom stereocenters. The minimum absolute atomic E-state index is 0.0135. The maximum atomic E-state index is 11.9. The second-order valence-electron chi connectivity index (χ2n) is 4.94. The van der Waals surface area contributed by atoms with Crippen LogP contribution < -0.4 is 5.32 Å². The average Bonchev–Trinajstić information content (AvgIpc) is 2.47. The summed E-state index contributed by atoms with van der Waals surface area (Å²) in [5.74, 6) is -0.329. The Morgan fingerprint density at radius 1 is 1.18 bits per heavy atom. The van der Waals surface area contributed by atoms with Gasteiger partial charge in [-0.3, -0.25) is 14.9 Å². The van der Waals surface area contributed by atoms with Crippen molar-refractivity contribution in [3.8, 4) is 0 Å². The van der Waals surface area contributed by atoms with E-state index in [0.717, 1.165) is 11.1 Å². The highest BCUT2D eigenvalue weighted by atomic mass is 16.6. The summed E-state index contributed by atoms with van der Waals surface area (Å²) in [6.45, 7) is 3.59. The second-order valence-corrected chi connectivity index (χ2v) is 4.94. The zero-order valence-corrected chi connectivity index (χ0v) is 12.4. The number of nitro benzene ring substituents is 1. The van der Waals surface area contributed by atoms with E-state index in [1.807, 2.05) is 31.2 Å². The van der Waals surface area contributed by atoms with Crippen LogP contribution in [0.25, 0.3) is 6.08 Å². The first-order chi connectivity index (χ1) is 10.5. The second kappa shape index (κ2) is 6.67. The van der Waals surface area contributed by atoms with Crippen LogP contribution in [-0.2, 0) is 4.79 Å². The molecule has 0 aliphatic heterocycles. The van der Waals surface area contributed by atoms with Crippen LogP contribution in [0.5, 0.6) is 0 Å². The number of carbonyl (C=O) groups excluding carboxylic acids is 1. The Balaban J connectivity index is 2.13. The zero-order valence-electron chi connectivity index (χ0n) is 12.4. The lowest BCUT2D eigenvalue weighted by Gasteiger charge is -2.06. The molecule has 0 saturated heterocycles. The van der Waals surface area contributed by atoms with Crippen LogP contribution in [0.2, 0.25) is 0 Å². The van der Waals surface area contributed by atoms with E-state index < -0.39 is 4.92 Å². The number of rotatable bonds is 4. The molecule has 0 unspecified atom stereocenters. The first-order valence-corrected chi connectivity index (χ1v) is 6.77. The van der Waals surface area contributed by atoms with Gasteiger partial charge in [0.15, 0.2) is 0 Å². The first kappa shape index (κ1) is 15.4. The van der Waals surface area contributed by atoms with Crippen molar-refractivity contribution in [2.45, 2.75) is 13.8 Å². The Morgan fingerprint density at radius 3 is 2.59 bits per heavy atom. The van der Waals surface area contributed by atoms with E-state index in [1.54, 1.807) is 25.1 Å². The molecule has 112 valence electrons. The molecule has 0 spiro atoms. The summed E-state index contributed by atoms with van der Waals surface area (Å²) in [7, 11) is 0. The summed E-state index contributed by atoms with van der Waals surface area (Å²) in [5, 5.41) is 13.5. The van der Waals surface area contributed by atoms with Crippen molar-refractivity contribution in [2.24, 2.45) is 0 Å². The number of nitro groups is 1. The molecule has 0 radical (unpaired) electrons. The van der Waals surface area contributed by atoms with Gasteiger partial charge in [-0.15, -0.1) is 0 Å². The molecule has 0 fully saturated rings. The van der Waals surface area contributed by atoms with Gasteiger partial charge in [-0.25, -0.2) is 0 Å². The summed E-state index contributed by atoms with van der Waals surface area (Å²) in [5.41, 5.74) is 2.89. The summed E-state index contributed by atoms with van der Waals surface area (Å²) in [6, 6.07) is 12.3. The molecule has 0 bridgehead atoms. The average molecular weight is 296 g/mol. The molecule has 2 rings (SSSR count). The maximum Gasteiger partial charge on any atom is 0.274 e. The monoisotopic (exact) mass is 296 g/mol. The van der Waals surface area contributed by atoms with Crippen molar-refractivity contribution >= 4 is 23.4 Å². The molecule has 2 aromatic carbocycles. The normalized spacial score (nSPS) is 10.6. The van der Waals surface area contributed by atoms with Gasteiger partial charge in [0.2, 0.25) is 5.91 Å². The highest BCUT2D eigenvalue weighted by molar-refractivity contribution is 6.02. The van der Waals surface area contributed by atoms with Crippen molar-refractivity contribution in [3.05, 3.63) is 75.3 Å². The molecule has 0 saturated carbocycles.